The quantitative estimate of drug-likeness (QED) is 0.612. The van der Waals surface area contributed by atoms with Crippen LogP contribution in [0.3, 0.4) is 0 Å². The maximum Gasteiger partial charge on any atom is 0.237 e. The molecule has 0 saturated carbocycles. The monoisotopic (exact) mass is 428 g/mol. The number of benzene rings is 2. The van der Waals surface area contributed by atoms with Gasteiger partial charge in [0, 0.05) is 33.3 Å². The Morgan fingerprint density at radius 2 is 1.65 bits per heavy atom. The van der Waals surface area contributed by atoms with Gasteiger partial charge in [-0.1, -0.05) is 18.2 Å². The van der Waals surface area contributed by atoms with Gasteiger partial charge >= 0.3 is 0 Å². The maximum absolute atomic E-state index is 13.0. The van der Waals surface area contributed by atoms with Crippen LogP contribution in [0.15, 0.2) is 42.5 Å². The molecule has 1 aliphatic heterocycles. The van der Waals surface area contributed by atoms with Crippen molar-refractivity contribution in [1.29, 1.82) is 0 Å². The lowest BCUT2D eigenvalue weighted by Gasteiger charge is -2.23. The third kappa shape index (κ3) is 6.12. The molecule has 7 nitrogen and oxygen atoms in total. The summed E-state index contributed by atoms with van der Waals surface area (Å²) in [5.41, 5.74) is 2.13. The second kappa shape index (κ2) is 11.0. The second-order valence-corrected chi connectivity index (χ2v) is 7.57. The average molecular weight is 429 g/mol. The molecule has 1 atom stereocenters. The highest BCUT2D eigenvalue weighted by molar-refractivity contribution is 5.78. The van der Waals surface area contributed by atoms with Crippen molar-refractivity contribution < 1.29 is 23.7 Å². The third-order valence-corrected chi connectivity index (χ3v) is 5.40. The minimum atomic E-state index is -0.0608. The second-order valence-electron chi connectivity index (χ2n) is 7.57. The first kappa shape index (κ1) is 22.9. The minimum absolute atomic E-state index is 0.0608. The van der Waals surface area contributed by atoms with Gasteiger partial charge in [0.25, 0.3) is 0 Å². The SMILES string of the molecule is CCOc1cc(CN2CC(=O)N(Cc3ccc(OC)cc3)CC(OC)C2)ccc1OC. The third-order valence-electron chi connectivity index (χ3n) is 5.40. The van der Waals surface area contributed by atoms with Gasteiger partial charge in [-0.2, -0.15) is 0 Å². The van der Waals surface area contributed by atoms with E-state index in [0.717, 1.165) is 16.9 Å². The highest BCUT2D eigenvalue weighted by Crippen LogP contribution is 2.29. The van der Waals surface area contributed by atoms with Crippen LogP contribution in [0.4, 0.5) is 0 Å². The fourth-order valence-corrected chi connectivity index (χ4v) is 3.77. The molecule has 1 saturated heterocycles. The van der Waals surface area contributed by atoms with Crippen LogP contribution in [0.25, 0.3) is 0 Å². The number of carbonyl (C=O) groups excluding carboxylic acids is 1. The number of methoxy groups -OCH3 is 3. The fraction of sp³-hybridized carbons (Fsp3) is 0.458. The van der Waals surface area contributed by atoms with Crippen molar-refractivity contribution in [2.24, 2.45) is 0 Å². The number of nitrogens with zero attached hydrogens (tertiary/aromatic N) is 2. The number of hydrogen-bond donors (Lipinski definition) is 0. The zero-order valence-electron chi connectivity index (χ0n) is 18.8. The average Bonchev–Trinajstić information content (AvgIpc) is 2.93. The van der Waals surface area contributed by atoms with Crippen LogP contribution in [0.2, 0.25) is 0 Å². The fourth-order valence-electron chi connectivity index (χ4n) is 3.77. The van der Waals surface area contributed by atoms with Gasteiger partial charge in [0.1, 0.15) is 5.75 Å². The molecular weight excluding hydrogens is 396 g/mol. The Labute approximate surface area is 184 Å². The molecule has 1 heterocycles. The molecule has 0 aromatic heterocycles. The zero-order chi connectivity index (χ0) is 22.2. The van der Waals surface area contributed by atoms with Crippen LogP contribution < -0.4 is 14.2 Å². The Morgan fingerprint density at radius 1 is 0.903 bits per heavy atom. The summed E-state index contributed by atoms with van der Waals surface area (Å²) in [5, 5.41) is 0. The highest BCUT2D eigenvalue weighted by Gasteiger charge is 2.28. The van der Waals surface area contributed by atoms with Crippen molar-refractivity contribution in [3.63, 3.8) is 0 Å². The molecular formula is C24H32N2O5. The van der Waals surface area contributed by atoms with Crippen LogP contribution in [0.1, 0.15) is 18.1 Å². The normalized spacial score (nSPS) is 17.4. The van der Waals surface area contributed by atoms with Crippen LogP contribution in [0, 0.1) is 0 Å². The Hall–Kier alpha value is -2.77. The van der Waals surface area contributed by atoms with E-state index < -0.39 is 0 Å². The van der Waals surface area contributed by atoms with Crippen molar-refractivity contribution in [2.75, 3.05) is 47.6 Å². The van der Waals surface area contributed by atoms with E-state index in [9.17, 15) is 4.79 Å². The Bertz CT molecular complexity index is 856. The van der Waals surface area contributed by atoms with E-state index in [1.807, 2.05) is 54.3 Å². The summed E-state index contributed by atoms with van der Waals surface area (Å²) in [7, 11) is 4.97. The van der Waals surface area contributed by atoms with Gasteiger partial charge in [-0.05, 0) is 42.3 Å². The number of ether oxygens (including phenoxy) is 4. The maximum atomic E-state index is 13.0. The van der Waals surface area contributed by atoms with E-state index in [1.54, 1.807) is 21.3 Å². The lowest BCUT2D eigenvalue weighted by molar-refractivity contribution is -0.132. The molecule has 1 unspecified atom stereocenters. The zero-order valence-corrected chi connectivity index (χ0v) is 18.8. The summed E-state index contributed by atoms with van der Waals surface area (Å²) in [6, 6.07) is 13.7. The van der Waals surface area contributed by atoms with Crippen LogP contribution in [-0.2, 0) is 22.6 Å². The van der Waals surface area contributed by atoms with Crippen molar-refractivity contribution >= 4 is 5.91 Å². The Balaban J connectivity index is 1.71. The summed E-state index contributed by atoms with van der Waals surface area (Å²) < 4.78 is 22.0. The molecule has 0 N–H and O–H groups in total. The standard InChI is InChI=1S/C24H32N2O5/c1-5-31-23-12-19(8-11-22(23)30-4)13-25-15-21(29-3)16-26(24(27)17-25)14-18-6-9-20(28-2)10-7-18/h6-12,21H,5,13-17H2,1-4H3. The molecule has 31 heavy (non-hydrogen) atoms. The van der Waals surface area contributed by atoms with Gasteiger partial charge in [0.2, 0.25) is 5.91 Å². The number of hydrogen-bond acceptors (Lipinski definition) is 6. The van der Waals surface area contributed by atoms with Gasteiger partial charge in [0.15, 0.2) is 11.5 Å². The van der Waals surface area contributed by atoms with Crippen molar-refractivity contribution in [2.45, 2.75) is 26.1 Å². The lowest BCUT2D eigenvalue weighted by Crippen LogP contribution is -2.37. The van der Waals surface area contributed by atoms with E-state index in [1.165, 1.54) is 0 Å². The first-order valence-electron chi connectivity index (χ1n) is 10.5. The van der Waals surface area contributed by atoms with Gasteiger partial charge in [0.05, 0.1) is 33.5 Å². The minimum Gasteiger partial charge on any atom is -0.497 e. The van der Waals surface area contributed by atoms with E-state index >= 15 is 0 Å². The topological polar surface area (TPSA) is 60.5 Å². The first-order valence-corrected chi connectivity index (χ1v) is 10.5. The van der Waals surface area contributed by atoms with Gasteiger partial charge < -0.3 is 23.8 Å². The number of amides is 1. The molecule has 0 radical (unpaired) electrons. The number of rotatable bonds is 9. The summed E-state index contributed by atoms with van der Waals surface area (Å²) >= 11 is 0. The largest absolute Gasteiger partial charge is 0.497 e. The van der Waals surface area contributed by atoms with Gasteiger partial charge in [-0.15, -0.1) is 0 Å². The van der Waals surface area contributed by atoms with Gasteiger partial charge in [-0.3, -0.25) is 9.69 Å². The molecule has 168 valence electrons. The molecule has 1 aliphatic rings. The summed E-state index contributed by atoms with van der Waals surface area (Å²) in [6.45, 7) is 5.27. The summed E-state index contributed by atoms with van der Waals surface area (Å²) in [4.78, 5) is 17.0. The molecule has 0 aliphatic carbocycles. The molecule has 0 spiro atoms. The molecule has 3 rings (SSSR count). The number of carbonyl (C=O) groups is 1. The smallest absolute Gasteiger partial charge is 0.237 e. The molecule has 2 aromatic rings. The highest BCUT2D eigenvalue weighted by atomic mass is 16.5. The van der Waals surface area contributed by atoms with E-state index in [2.05, 4.69) is 4.90 Å². The van der Waals surface area contributed by atoms with Crippen LogP contribution >= 0.6 is 0 Å². The Kier molecular flexibility index (Phi) is 8.14. The van der Waals surface area contributed by atoms with E-state index in [4.69, 9.17) is 18.9 Å². The predicted octanol–water partition coefficient (Wildman–Crippen LogP) is 2.96. The predicted molar refractivity (Wildman–Crippen MR) is 119 cm³/mol. The summed E-state index contributed by atoms with van der Waals surface area (Å²) in [6.07, 6.45) is -0.0608. The van der Waals surface area contributed by atoms with E-state index in [0.29, 0.717) is 50.8 Å². The van der Waals surface area contributed by atoms with Crippen molar-refractivity contribution in [3.8, 4) is 17.2 Å². The molecule has 7 heteroatoms. The van der Waals surface area contributed by atoms with Crippen molar-refractivity contribution in [3.05, 3.63) is 53.6 Å². The Morgan fingerprint density at radius 3 is 2.29 bits per heavy atom. The molecule has 1 fully saturated rings. The first-order chi connectivity index (χ1) is 15.1. The van der Waals surface area contributed by atoms with Gasteiger partial charge in [-0.25, -0.2) is 0 Å². The molecule has 0 bridgehead atoms. The molecule has 2 aromatic carbocycles. The van der Waals surface area contributed by atoms with Crippen LogP contribution in [0.5, 0.6) is 17.2 Å². The van der Waals surface area contributed by atoms with E-state index in [-0.39, 0.29) is 12.0 Å². The molecule has 1 amide bonds. The summed E-state index contributed by atoms with van der Waals surface area (Å²) in [5.74, 6) is 2.32. The van der Waals surface area contributed by atoms with Crippen molar-refractivity contribution in [1.82, 2.24) is 9.80 Å². The lowest BCUT2D eigenvalue weighted by atomic mass is 10.1. The van der Waals surface area contributed by atoms with Crippen LogP contribution in [-0.4, -0.2) is 69.4 Å².